The van der Waals surface area contributed by atoms with Crippen LogP contribution in [0.5, 0.6) is 5.75 Å². The second-order valence-electron chi connectivity index (χ2n) is 11.7. The van der Waals surface area contributed by atoms with Crippen LogP contribution in [-0.2, 0) is 23.0 Å². The fraction of sp³-hybridized carbons (Fsp3) is 0.500. The molecule has 1 amide bonds. The highest BCUT2D eigenvalue weighted by atomic mass is 19.1. The Hall–Kier alpha value is -3.46. The van der Waals surface area contributed by atoms with Crippen LogP contribution in [0, 0.1) is 25.6 Å². The molecule has 0 spiro atoms. The van der Waals surface area contributed by atoms with E-state index >= 15 is 4.39 Å². The number of carboxylic acids is 1. The van der Waals surface area contributed by atoms with Gasteiger partial charge in [-0.05, 0) is 89.5 Å². The first-order chi connectivity index (χ1) is 18.4. The van der Waals surface area contributed by atoms with Crippen LogP contribution in [0.1, 0.15) is 79.0 Å². The molecule has 0 radical (unpaired) electrons. The number of fused-ring (bicyclic) bond motifs is 2. The number of aryl methyl sites for hydroxylation is 2. The number of nitrogens with zero attached hydrogens (tertiary/aromatic N) is 2. The van der Waals surface area contributed by atoms with E-state index < -0.39 is 23.5 Å². The summed E-state index contributed by atoms with van der Waals surface area (Å²) in [6, 6.07) is 3.14. The van der Waals surface area contributed by atoms with Crippen molar-refractivity contribution in [2.75, 3.05) is 13.2 Å². The second kappa shape index (κ2) is 9.93. The maximum Gasteiger partial charge on any atom is 0.337 e. The highest BCUT2D eigenvalue weighted by Crippen LogP contribution is 2.44. The van der Waals surface area contributed by atoms with Crippen LogP contribution in [0.15, 0.2) is 12.1 Å². The van der Waals surface area contributed by atoms with Crippen molar-refractivity contribution < 1.29 is 28.6 Å². The van der Waals surface area contributed by atoms with Crippen LogP contribution < -0.4 is 10.1 Å². The quantitative estimate of drug-likeness (QED) is 0.418. The van der Waals surface area contributed by atoms with Gasteiger partial charge in [0, 0.05) is 41.4 Å². The number of amides is 1. The van der Waals surface area contributed by atoms with Crippen LogP contribution >= 0.6 is 0 Å². The summed E-state index contributed by atoms with van der Waals surface area (Å²) in [5.41, 5.74) is 3.55. The van der Waals surface area contributed by atoms with Gasteiger partial charge in [0.05, 0.1) is 12.2 Å². The Kier molecular flexibility index (Phi) is 6.91. The SMILES string of the molecule is Cc1nc2c(cc(C(=O)NCC3CC3)n2C)c(-c2cc(F)c3c(c2C)CCCO3)c1[C@H](OC(C)(C)C)C(=O)O. The van der Waals surface area contributed by atoms with Crippen molar-refractivity contribution in [3.05, 3.63) is 46.0 Å². The Morgan fingerprint density at radius 3 is 2.64 bits per heavy atom. The topological polar surface area (TPSA) is 103 Å². The molecule has 2 N–H and O–H groups in total. The van der Waals surface area contributed by atoms with Gasteiger partial charge in [0.2, 0.25) is 0 Å². The van der Waals surface area contributed by atoms with Crippen molar-refractivity contribution in [1.29, 1.82) is 0 Å². The zero-order valence-corrected chi connectivity index (χ0v) is 23.4. The lowest BCUT2D eigenvalue weighted by Gasteiger charge is -2.29. The van der Waals surface area contributed by atoms with Crippen LogP contribution in [0.3, 0.4) is 0 Å². The molecule has 9 heteroatoms. The summed E-state index contributed by atoms with van der Waals surface area (Å²) >= 11 is 0. The van der Waals surface area contributed by atoms with Crippen molar-refractivity contribution in [2.24, 2.45) is 13.0 Å². The average Bonchev–Trinajstić information content (AvgIpc) is 3.65. The van der Waals surface area contributed by atoms with Gasteiger partial charge in [-0.1, -0.05) is 0 Å². The molecule has 3 heterocycles. The van der Waals surface area contributed by atoms with Gasteiger partial charge < -0.3 is 24.5 Å². The summed E-state index contributed by atoms with van der Waals surface area (Å²) in [6.07, 6.45) is 2.27. The van der Waals surface area contributed by atoms with E-state index in [1.165, 1.54) is 6.07 Å². The molecule has 208 valence electrons. The number of carboxylic acid groups (broad SMARTS) is 1. The van der Waals surface area contributed by atoms with E-state index in [2.05, 4.69) is 5.32 Å². The lowest BCUT2D eigenvalue weighted by Crippen LogP contribution is -2.28. The fourth-order valence-electron chi connectivity index (χ4n) is 5.44. The standard InChI is InChI=1S/C30H36FN3O5/c1-15-18-8-7-11-38-25(18)21(31)12-19(15)24-20-13-22(28(35)32-14-17-9-10-17)34(6)27(20)33-16(2)23(24)26(29(36)37)39-30(3,4)5/h12-13,17,26H,7-11,14H2,1-6H3,(H,32,35)(H,36,37)/t26-/m0/s1. The molecule has 1 saturated carbocycles. The van der Waals surface area contributed by atoms with E-state index in [1.807, 2.05) is 6.92 Å². The van der Waals surface area contributed by atoms with Crippen LogP contribution in [0.25, 0.3) is 22.2 Å². The van der Waals surface area contributed by atoms with E-state index in [9.17, 15) is 14.7 Å². The molecule has 0 saturated heterocycles. The number of carbonyl (C=O) groups excluding carboxylic acids is 1. The van der Waals surface area contributed by atoms with Gasteiger partial charge in [-0.25, -0.2) is 14.2 Å². The average molecular weight is 538 g/mol. The summed E-state index contributed by atoms with van der Waals surface area (Å²) < 4.78 is 28.9. The Balaban J connectivity index is 1.81. The summed E-state index contributed by atoms with van der Waals surface area (Å²) in [7, 11) is 1.76. The van der Waals surface area contributed by atoms with Crippen LogP contribution in [0.4, 0.5) is 4.39 Å². The Labute approximate surface area is 227 Å². The molecular formula is C30H36FN3O5. The van der Waals surface area contributed by atoms with E-state index in [0.29, 0.717) is 64.6 Å². The summed E-state index contributed by atoms with van der Waals surface area (Å²) in [6.45, 7) is 10.1. The molecule has 39 heavy (non-hydrogen) atoms. The van der Waals surface area contributed by atoms with E-state index in [0.717, 1.165) is 30.4 Å². The van der Waals surface area contributed by atoms with E-state index in [4.69, 9.17) is 14.5 Å². The minimum atomic E-state index is -1.36. The molecule has 1 fully saturated rings. The normalized spacial score (nSPS) is 16.1. The van der Waals surface area contributed by atoms with Gasteiger partial charge in [-0.15, -0.1) is 0 Å². The number of hydrogen-bond donors (Lipinski definition) is 2. The number of hydrogen-bond acceptors (Lipinski definition) is 5. The molecule has 0 unspecified atom stereocenters. The number of nitrogens with one attached hydrogen (secondary N) is 1. The maximum absolute atomic E-state index is 15.5. The van der Waals surface area contributed by atoms with Crippen molar-refractivity contribution in [3.8, 4) is 16.9 Å². The molecule has 5 rings (SSSR count). The van der Waals surface area contributed by atoms with Crippen LogP contribution in [0.2, 0.25) is 0 Å². The maximum atomic E-state index is 15.5. The van der Waals surface area contributed by atoms with Gasteiger partial charge in [-0.3, -0.25) is 4.79 Å². The summed E-state index contributed by atoms with van der Waals surface area (Å²) in [5.74, 6) is -1.13. The summed E-state index contributed by atoms with van der Waals surface area (Å²) in [4.78, 5) is 30.6. The van der Waals surface area contributed by atoms with Crippen molar-refractivity contribution in [3.63, 3.8) is 0 Å². The predicted molar refractivity (Wildman–Crippen MR) is 146 cm³/mol. The fourth-order valence-corrected chi connectivity index (χ4v) is 5.44. The van der Waals surface area contributed by atoms with Crippen molar-refractivity contribution in [1.82, 2.24) is 14.9 Å². The first-order valence-electron chi connectivity index (χ1n) is 13.5. The molecule has 2 aromatic heterocycles. The first kappa shape index (κ1) is 27.1. The second-order valence-corrected chi connectivity index (χ2v) is 11.7. The highest BCUT2D eigenvalue weighted by Gasteiger charge is 2.35. The number of aromatic nitrogens is 2. The van der Waals surface area contributed by atoms with Crippen molar-refractivity contribution in [2.45, 2.75) is 72.0 Å². The Bertz CT molecular complexity index is 1480. The van der Waals surface area contributed by atoms with Gasteiger partial charge in [0.15, 0.2) is 17.7 Å². The number of benzene rings is 1. The third-order valence-electron chi connectivity index (χ3n) is 7.55. The highest BCUT2D eigenvalue weighted by molar-refractivity contribution is 6.04. The molecule has 0 bridgehead atoms. The third kappa shape index (κ3) is 5.12. The molecule has 8 nitrogen and oxygen atoms in total. The number of pyridine rings is 1. The number of ether oxygens (including phenoxy) is 2. The van der Waals surface area contributed by atoms with Crippen LogP contribution in [-0.4, -0.2) is 45.3 Å². The Morgan fingerprint density at radius 1 is 1.28 bits per heavy atom. The molecular weight excluding hydrogens is 501 g/mol. The van der Waals surface area contributed by atoms with E-state index in [-0.39, 0.29) is 11.7 Å². The largest absolute Gasteiger partial charge is 0.490 e. The number of aliphatic carboxylic acids is 1. The third-order valence-corrected chi connectivity index (χ3v) is 7.55. The molecule has 1 aliphatic heterocycles. The minimum absolute atomic E-state index is 0.227. The zero-order valence-electron chi connectivity index (χ0n) is 23.4. The van der Waals surface area contributed by atoms with Gasteiger partial charge >= 0.3 is 5.97 Å². The predicted octanol–water partition coefficient (Wildman–Crippen LogP) is 5.40. The number of rotatable bonds is 7. The molecule has 2 aliphatic rings. The lowest BCUT2D eigenvalue weighted by molar-refractivity contribution is -0.160. The first-order valence-corrected chi connectivity index (χ1v) is 13.5. The molecule has 1 aliphatic carbocycles. The van der Waals surface area contributed by atoms with E-state index in [1.54, 1.807) is 45.4 Å². The smallest absolute Gasteiger partial charge is 0.337 e. The van der Waals surface area contributed by atoms with Gasteiger partial charge in [0.25, 0.3) is 5.91 Å². The molecule has 1 aromatic carbocycles. The minimum Gasteiger partial charge on any atom is -0.490 e. The molecule has 1 atom stereocenters. The number of carbonyl (C=O) groups is 2. The zero-order chi connectivity index (χ0) is 28.2. The van der Waals surface area contributed by atoms with Gasteiger partial charge in [-0.2, -0.15) is 0 Å². The lowest BCUT2D eigenvalue weighted by atomic mass is 9.86. The summed E-state index contributed by atoms with van der Waals surface area (Å²) in [5, 5.41) is 13.9. The Morgan fingerprint density at radius 2 is 2.00 bits per heavy atom. The monoisotopic (exact) mass is 537 g/mol. The number of halogens is 1. The molecule has 3 aromatic rings. The van der Waals surface area contributed by atoms with Crippen molar-refractivity contribution >= 4 is 22.9 Å². The van der Waals surface area contributed by atoms with Gasteiger partial charge in [0.1, 0.15) is 11.3 Å².